The van der Waals surface area contributed by atoms with Gasteiger partial charge in [0.05, 0.1) is 7.11 Å². The molecule has 0 unspecified atom stereocenters. The van der Waals surface area contributed by atoms with Crippen LogP contribution in [0.3, 0.4) is 0 Å². The zero-order chi connectivity index (χ0) is 9.26. The molecule has 14 heavy (non-hydrogen) atoms. The summed E-state index contributed by atoms with van der Waals surface area (Å²) in [6, 6.07) is 5.51. The van der Waals surface area contributed by atoms with E-state index in [1.54, 1.807) is 13.2 Å². The van der Waals surface area contributed by atoms with Crippen molar-refractivity contribution in [2.24, 2.45) is 0 Å². The Morgan fingerprint density at radius 2 is 2.14 bits per heavy atom. The van der Waals surface area contributed by atoms with Crippen molar-refractivity contribution in [1.29, 1.82) is 0 Å². The number of rotatable bonds is 1. The molecule has 1 aliphatic heterocycles. The summed E-state index contributed by atoms with van der Waals surface area (Å²) in [5.74, 6) is 0.351. The third-order valence-electron chi connectivity index (χ3n) is 2.43. The predicted octanol–water partition coefficient (Wildman–Crippen LogP) is 1.95. The first-order valence-corrected chi connectivity index (χ1v) is 4.39. The van der Waals surface area contributed by atoms with Gasteiger partial charge in [-0.3, -0.25) is 0 Å². The third-order valence-corrected chi connectivity index (χ3v) is 2.43. The van der Waals surface area contributed by atoms with E-state index in [-0.39, 0.29) is 7.43 Å². The molecule has 0 aliphatic carbocycles. The molecule has 0 amide bonds. The summed E-state index contributed by atoms with van der Waals surface area (Å²) in [5.41, 5.74) is 2.47. The lowest BCUT2D eigenvalue weighted by atomic mass is 10.0. The van der Waals surface area contributed by atoms with Gasteiger partial charge in [0.25, 0.3) is 0 Å². The second-order valence-corrected chi connectivity index (χ2v) is 3.25. The van der Waals surface area contributed by atoms with Crippen molar-refractivity contribution in [3.8, 4) is 5.75 Å². The van der Waals surface area contributed by atoms with E-state index in [2.05, 4.69) is 0 Å². The fourth-order valence-corrected chi connectivity index (χ4v) is 1.67. The van der Waals surface area contributed by atoms with E-state index in [1.807, 2.05) is 17.2 Å². The van der Waals surface area contributed by atoms with Gasteiger partial charge in [-0.1, -0.05) is 13.5 Å². The lowest BCUT2D eigenvalue weighted by molar-refractivity contribution is -0.142. The largest absolute Gasteiger partial charge is 0.508 e. The first-order chi connectivity index (χ1) is 6.29. The number of nitrogens with zero attached hydrogens (tertiary/aromatic N) is 1. The molecule has 3 heteroatoms. The van der Waals surface area contributed by atoms with Crippen molar-refractivity contribution in [1.82, 2.24) is 5.06 Å². The van der Waals surface area contributed by atoms with Gasteiger partial charge in [0.15, 0.2) is 0 Å². The molecule has 1 aromatic rings. The maximum Gasteiger partial charge on any atom is 0.115 e. The molecule has 0 bridgehead atoms. The smallest absolute Gasteiger partial charge is 0.115 e. The number of phenolic OH excluding ortho intramolecular Hbond substituents is 1. The Hall–Kier alpha value is -1.06. The average Bonchev–Trinajstić information content (AvgIpc) is 2.17. The van der Waals surface area contributed by atoms with Gasteiger partial charge < -0.3 is 9.94 Å². The molecular weight excluding hydrogens is 178 g/mol. The van der Waals surface area contributed by atoms with Crippen molar-refractivity contribution < 1.29 is 9.94 Å². The van der Waals surface area contributed by atoms with Gasteiger partial charge in [-0.15, -0.1) is 0 Å². The van der Waals surface area contributed by atoms with E-state index in [4.69, 9.17) is 4.84 Å². The molecule has 2 rings (SSSR count). The summed E-state index contributed by atoms with van der Waals surface area (Å²) < 4.78 is 0. The Labute approximate surface area is 84.9 Å². The number of hydrogen-bond donors (Lipinski definition) is 1. The number of benzene rings is 1. The fraction of sp³-hybridized carbons (Fsp3) is 0.455. The molecule has 78 valence electrons. The van der Waals surface area contributed by atoms with Gasteiger partial charge in [0, 0.05) is 13.1 Å². The van der Waals surface area contributed by atoms with Gasteiger partial charge in [-0.25, -0.2) is 0 Å². The Morgan fingerprint density at radius 3 is 2.86 bits per heavy atom. The highest BCUT2D eigenvalue weighted by Gasteiger charge is 2.15. The summed E-state index contributed by atoms with van der Waals surface area (Å²) in [6.45, 7) is 1.71. The monoisotopic (exact) mass is 195 g/mol. The molecule has 0 aromatic heterocycles. The van der Waals surface area contributed by atoms with Crippen LogP contribution in [0.25, 0.3) is 0 Å². The predicted molar refractivity (Wildman–Crippen MR) is 56.0 cm³/mol. The van der Waals surface area contributed by atoms with Crippen molar-refractivity contribution >= 4 is 0 Å². The molecular formula is C11H17NO2. The lowest BCUT2D eigenvalue weighted by Crippen LogP contribution is -2.29. The summed E-state index contributed by atoms with van der Waals surface area (Å²) >= 11 is 0. The van der Waals surface area contributed by atoms with Crippen LogP contribution < -0.4 is 0 Å². The van der Waals surface area contributed by atoms with Crippen LogP contribution in [0, 0.1) is 0 Å². The van der Waals surface area contributed by atoms with Crippen molar-refractivity contribution in [2.75, 3.05) is 13.7 Å². The number of aromatic hydroxyl groups is 1. The molecule has 0 radical (unpaired) electrons. The van der Waals surface area contributed by atoms with E-state index in [0.29, 0.717) is 5.75 Å². The second-order valence-electron chi connectivity index (χ2n) is 3.25. The Bertz CT molecular complexity index is 312. The van der Waals surface area contributed by atoms with Crippen molar-refractivity contribution in [3.05, 3.63) is 29.3 Å². The highest BCUT2D eigenvalue weighted by molar-refractivity contribution is 5.36. The van der Waals surface area contributed by atoms with Crippen LogP contribution in [0.2, 0.25) is 0 Å². The molecule has 1 heterocycles. The van der Waals surface area contributed by atoms with Crippen molar-refractivity contribution in [3.63, 3.8) is 0 Å². The third kappa shape index (κ3) is 2.05. The lowest BCUT2D eigenvalue weighted by Gasteiger charge is -2.26. The van der Waals surface area contributed by atoms with Crippen molar-refractivity contribution in [2.45, 2.75) is 20.4 Å². The molecule has 1 N–H and O–H groups in total. The molecule has 0 atom stereocenters. The van der Waals surface area contributed by atoms with Gasteiger partial charge in [-0.05, 0) is 29.7 Å². The molecule has 1 aromatic carbocycles. The molecule has 0 saturated carbocycles. The molecule has 0 spiro atoms. The first kappa shape index (κ1) is 11.0. The molecule has 0 saturated heterocycles. The quantitative estimate of drug-likeness (QED) is 0.743. The molecule has 1 aliphatic rings. The van der Waals surface area contributed by atoms with E-state index in [1.165, 1.54) is 11.1 Å². The van der Waals surface area contributed by atoms with Crippen LogP contribution >= 0.6 is 0 Å². The maximum atomic E-state index is 9.27. The minimum absolute atomic E-state index is 0. The Kier molecular flexibility index (Phi) is 3.49. The minimum Gasteiger partial charge on any atom is -0.508 e. The van der Waals surface area contributed by atoms with E-state index >= 15 is 0 Å². The van der Waals surface area contributed by atoms with Crippen LogP contribution in [0.1, 0.15) is 18.6 Å². The summed E-state index contributed by atoms with van der Waals surface area (Å²) in [5, 5.41) is 11.2. The van der Waals surface area contributed by atoms with E-state index < -0.39 is 0 Å². The van der Waals surface area contributed by atoms with Crippen LogP contribution in [0.4, 0.5) is 0 Å². The first-order valence-electron chi connectivity index (χ1n) is 4.39. The fourth-order valence-electron chi connectivity index (χ4n) is 1.67. The number of phenols is 1. The SMILES string of the molecule is C.CON1CCc2cc(O)ccc2C1. The average molecular weight is 195 g/mol. The summed E-state index contributed by atoms with van der Waals surface area (Å²) in [7, 11) is 1.69. The summed E-state index contributed by atoms with van der Waals surface area (Å²) in [6.07, 6.45) is 0.942. The highest BCUT2D eigenvalue weighted by atomic mass is 16.7. The zero-order valence-electron chi connectivity index (χ0n) is 7.66. The zero-order valence-corrected chi connectivity index (χ0v) is 7.66. The normalized spacial score (nSPS) is 15.8. The van der Waals surface area contributed by atoms with Gasteiger partial charge >= 0.3 is 0 Å². The number of hydrogen-bond acceptors (Lipinski definition) is 3. The highest BCUT2D eigenvalue weighted by Crippen LogP contribution is 2.22. The Balaban J connectivity index is 0.000000980. The van der Waals surface area contributed by atoms with Gasteiger partial charge in [0.1, 0.15) is 5.75 Å². The minimum atomic E-state index is 0. The number of fused-ring (bicyclic) bond motifs is 1. The summed E-state index contributed by atoms with van der Waals surface area (Å²) in [4.78, 5) is 5.15. The maximum absolute atomic E-state index is 9.27. The van der Waals surface area contributed by atoms with Crippen LogP contribution in [-0.2, 0) is 17.8 Å². The standard InChI is InChI=1S/C10H13NO2.CH4/c1-13-11-5-4-8-6-10(12)3-2-9(8)7-11;/h2-3,6,12H,4-5,7H2,1H3;1H4. The van der Waals surface area contributed by atoms with E-state index in [0.717, 1.165) is 19.5 Å². The van der Waals surface area contributed by atoms with Gasteiger partial charge in [0.2, 0.25) is 0 Å². The molecule has 3 nitrogen and oxygen atoms in total. The Morgan fingerprint density at radius 1 is 1.36 bits per heavy atom. The number of hydroxylamine groups is 2. The van der Waals surface area contributed by atoms with Gasteiger partial charge in [-0.2, -0.15) is 5.06 Å². The van der Waals surface area contributed by atoms with E-state index in [9.17, 15) is 5.11 Å². The van der Waals surface area contributed by atoms with Crippen LogP contribution in [0.15, 0.2) is 18.2 Å². The van der Waals surface area contributed by atoms with Crippen LogP contribution in [-0.4, -0.2) is 23.8 Å². The topological polar surface area (TPSA) is 32.7 Å². The second kappa shape index (κ2) is 4.44. The molecule has 0 fully saturated rings. The van der Waals surface area contributed by atoms with Crippen LogP contribution in [0.5, 0.6) is 5.75 Å².